The van der Waals surface area contributed by atoms with Crippen molar-refractivity contribution >= 4 is 17.4 Å². The first kappa shape index (κ1) is 16.2. The Kier molecular flexibility index (Phi) is 5.11. The Bertz CT molecular complexity index is 565. The fourth-order valence-corrected chi connectivity index (χ4v) is 4.10. The van der Waals surface area contributed by atoms with Gasteiger partial charge in [0.1, 0.15) is 0 Å². The van der Waals surface area contributed by atoms with Crippen LogP contribution in [0.2, 0.25) is 0 Å². The Morgan fingerprint density at radius 1 is 1.09 bits per heavy atom. The number of likely N-dealkylation sites (tertiary alicyclic amines) is 1. The Balaban J connectivity index is 1.57. The Morgan fingerprint density at radius 3 is 2.52 bits per heavy atom. The molecule has 4 heteroatoms. The number of benzene rings is 1. The minimum atomic E-state index is 0.0412. The molecule has 2 fully saturated rings. The predicted octanol–water partition coefficient (Wildman–Crippen LogP) is 3.48. The molecule has 1 aromatic rings. The predicted molar refractivity (Wildman–Crippen MR) is 91.6 cm³/mol. The maximum atomic E-state index is 12.4. The highest BCUT2D eigenvalue weighted by atomic mass is 16.2. The second kappa shape index (κ2) is 7.26. The maximum Gasteiger partial charge on any atom is 0.238 e. The molecule has 0 unspecified atom stereocenters. The highest BCUT2D eigenvalue weighted by molar-refractivity contribution is 5.96. The number of Topliss-reactive ketones (excluding diaryl/α,β-unsaturated/α-hetero) is 1. The van der Waals surface area contributed by atoms with Crippen LogP contribution in [0.1, 0.15) is 55.8 Å². The molecular formula is C19H26N2O2. The molecule has 4 nitrogen and oxygen atoms in total. The average molecular weight is 314 g/mol. The fourth-order valence-electron chi connectivity index (χ4n) is 4.10. The summed E-state index contributed by atoms with van der Waals surface area (Å²) >= 11 is 0. The van der Waals surface area contributed by atoms with E-state index in [1.807, 2.05) is 0 Å². The normalized spacial score (nSPS) is 24.7. The lowest BCUT2D eigenvalue weighted by Crippen LogP contribution is -2.49. The standard InChI is InChI=1S/C19H26N2O2/c1-14(22)15-8-10-17(11-9-15)20-19(23)13-21-12-4-6-16-5-2-3-7-18(16)21/h8-11,16,18H,2-7,12-13H2,1H3,(H,20,23)/t16-,18+/m1/s1. The van der Waals surface area contributed by atoms with E-state index in [-0.39, 0.29) is 11.7 Å². The molecule has 1 N–H and O–H groups in total. The van der Waals surface area contributed by atoms with Crippen molar-refractivity contribution < 1.29 is 9.59 Å². The molecule has 23 heavy (non-hydrogen) atoms. The molecule has 0 aromatic heterocycles. The molecule has 1 aromatic carbocycles. The molecule has 124 valence electrons. The van der Waals surface area contributed by atoms with E-state index in [4.69, 9.17) is 0 Å². The monoisotopic (exact) mass is 314 g/mol. The van der Waals surface area contributed by atoms with E-state index in [1.165, 1.54) is 38.5 Å². The quantitative estimate of drug-likeness (QED) is 0.866. The third-order valence-corrected chi connectivity index (χ3v) is 5.28. The fraction of sp³-hybridized carbons (Fsp3) is 0.579. The van der Waals surface area contributed by atoms with E-state index < -0.39 is 0 Å². The smallest absolute Gasteiger partial charge is 0.238 e. The molecule has 3 rings (SSSR count). The summed E-state index contributed by atoms with van der Waals surface area (Å²) in [5.41, 5.74) is 1.43. The van der Waals surface area contributed by atoms with Gasteiger partial charge in [-0.2, -0.15) is 0 Å². The van der Waals surface area contributed by atoms with E-state index in [0.29, 0.717) is 18.2 Å². The lowest BCUT2D eigenvalue weighted by Gasteiger charge is -2.43. The molecule has 1 heterocycles. The third-order valence-electron chi connectivity index (χ3n) is 5.28. The summed E-state index contributed by atoms with van der Waals surface area (Å²) in [5, 5.41) is 2.96. The molecule has 2 aliphatic rings. The van der Waals surface area contributed by atoms with Gasteiger partial charge in [-0.25, -0.2) is 0 Å². The van der Waals surface area contributed by atoms with Crippen LogP contribution in [-0.4, -0.2) is 35.7 Å². The van der Waals surface area contributed by atoms with Gasteiger partial charge in [-0.05, 0) is 69.3 Å². The molecule has 0 spiro atoms. The Hall–Kier alpha value is -1.68. The number of nitrogens with zero attached hydrogens (tertiary/aromatic N) is 1. The molecule has 0 bridgehead atoms. The van der Waals surface area contributed by atoms with Gasteiger partial charge < -0.3 is 5.32 Å². The zero-order valence-electron chi connectivity index (χ0n) is 13.9. The first-order valence-corrected chi connectivity index (χ1v) is 8.78. The van der Waals surface area contributed by atoms with Gasteiger partial charge in [-0.3, -0.25) is 14.5 Å². The van der Waals surface area contributed by atoms with Crippen molar-refractivity contribution in [2.24, 2.45) is 5.92 Å². The van der Waals surface area contributed by atoms with Gasteiger partial charge in [-0.15, -0.1) is 0 Å². The van der Waals surface area contributed by atoms with Gasteiger partial charge in [0.05, 0.1) is 6.54 Å². The van der Waals surface area contributed by atoms with Crippen LogP contribution in [0.4, 0.5) is 5.69 Å². The first-order valence-electron chi connectivity index (χ1n) is 8.78. The number of hydrogen-bond donors (Lipinski definition) is 1. The molecule has 1 aliphatic heterocycles. The minimum Gasteiger partial charge on any atom is -0.325 e. The van der Waals surface area contributed by atoms with Crippen molar-refractivity contribution in [3.8, 4) is 0 Å². The highest BCUT2D eigenvalue weighted by Gasteiger charge is 2.33. The van der Waals surface area contributed by atoms with Gasteiger partial charge in [-0.1, -0.05) is 12.8 Å². The van der Waals surface area contributed by atoms with Crippen molar-refractivity contribution in [1.29, 1.82) is 0 Å². The summed E-state index contributed by atoms with van der Waals surface area (Å²) in [7, 11) is 0. The summed E-state index contributed by atoms with van der Waals surface area (Å²) in [6.45, 7) is 3.07. The van der Waals surface area contributed by atoms with Crippen LogP contribution in [-0.2, 0) is 4.79 Å². The summed E-state index contributed by atoms with van der Waals surface area (Å²) in [4.78, 5) is 26.0. The zero-order chi connectivity index (χ0) is 16.2. The average Bonchev–Trinajstić information content (AvgIpc) is 2.55. The summed E-state index contributed by atoms with van der Waals surface area (Å²) in [6, 6.07) is 7.72. The van der Waals surface area contributed by atoms with E-state index in [1.54, 1.807) is 31.2 Å². The SMILES string of the molecule is CC(=O)c1ccc(NC(=O)CN2CCC[C@H]3CCCC[C@@H]32)cc1. The molecular weight excluding hydrogens is 288 g/mol. The number of nitrogens with one attached hydrogen (secondary N) is 1. The highest BCUT2D eigenvalue weighted by Crippen LogP contribution is 2.35. The number of anilines is 1. The number of piperidine rings is 1. The summed E-state index contributed by atoms with van der Waals surface area (Å²) in [5.74, 6) is 0.881. The molecule has 1 saturated heterocycles. The Morgan fingerprint density at radius 2 is 1.78 bits per heavy atom. The number of rotatable bonds is 4. The summed E-state index contributed by atoms with van der Waals surface area (Å²) < 4.78 is 0. The zero-order valence-corrected chi connectivity index (χ0v) is 13.9. The van der Waals surface area contributed by atoms with Crippen LogP contribution in [0.3, 0.4) is 0 Å². The number of hydrogen-bond acceptors (Lipinski definition) is 3. The molecule has 0 radical (unpaired) electrons. The van der Waals surface area contributed by atoms with Crippen molar-refractivity contribution in [1.82, 2.24) is 4.90 Å². The molecule has 1 saturated carbocycles. The van der Waals surface area contributed by atoms with Gasteiger partial charge in [0.15, 0.2) is 5.78 Å². The molecule has 1 aliphatic carbocycles. The van der Waals surface area contributed by atoms with E-state index in [0.717, 1.165) is 18.2 Å². The summed E-state index contributed by atoms with van der Waals surface area (Å²) in [6.07, 6.45) is 7.76. The number of carbonyl (C=O) groups is 2. The van der Waals surface area contributed by atoms with Crippen LogP contribution in [0.15, 0.2) is 24.3 Å². The van der Waals surface area contributed by atoms with Crippen LogP contribution in [0, 0.1) is 5.92 Å². The number of carbonyl (C=O) groups excluding carboxylic acids is 2. The topological polar surface area (TPSA) is 49.4 Å². The van der Waals surface area contributed by atoms with Crippen molar-refractivity contribution in [3.05, 3.63) is 29.8 Å². The first-order chi connectivity index (χ1) is 11.1. The van der Waals surface area contributed by atoms with Gasteiger partial charge in [0.2, 0.25) is 5.91 Å². The van der Waals surface area contributed by atoms with Gasteiger partial charge in [0.25, 0.3) is 0 Å². The van der Waals surface area contributed by atoms with Crippen molar-refractivity contribution in [3.63, 3.8) is 0 Å². The van der Waals surface area contributed by atoms with Crippen molar-refractivity contribution in [2.75, 3.05) is 18.4 Å². The number of amides is 1. The van der Waals surface area contributed by atoms with Crippen molar-refractivity contribution in [2.45, 2.75) is 51.5 Å². The minimum absolute atomic E-state index is 0.0412. The number of ketones is 1. The van der Waals surface area contributed by atoms with E-state index in [9.17, 15) is 9.59 Å². The second-order valence-electron chi connectivity index (χ2n) is 6.91. The largest absolute Gasteiger partial charge is 0.325 e. The van der Waals surface area contributed by atoms with E-state index in [2.05, 4.69) is 10.2 Å². The van der Waals surface area contributed by atoms with Crippen LogP contribution in [0.5, 0.6) is 0 Å². The Labute approximate surface area is 138 Å². The van der Waals surface area contributed by atoms with Crippen LogP contribution >= 0.6 is 0 Å². The van der Waals surface area contributed by atoms with Gasteiger partial charge >= 0.3 is 0 Å². The second-order valence-corrected chi connectivity index (χ2v) is 6.91. The van der Waals surface area contributed by atoms with Gasteiger partial charge in [0, 0.05) is 17.3 Å². The lowest BCUT2D eigenvalue weighted by atomic mass is 9.78. The van der Waals surface area contributed by atoms with E-state index >= 15 is 0 Å². The van der Waals surface area contributed by atoms with Crippen LogP contribution in [0.25, 0.3) is 0 Å². The molecule has 1 amide bonds. The third kappa shape index (κ3) is 3.99. The maximum absolute atomic E-state index is 12.4. The lowest BCUT2D eigenvalue weighted by molar-refractivity contribution is -0.118. The number of fused-ring (bicyclic) bond motifs is 1. The van der Waals surface area contributed by atoms with Crippen LogP contribution < -0.4 is 5.32 Å². The molecule has 2 atom stereocenters.